The Bertz CT molecular complexity index is 655. The highest BCUT2D eigenvalue weighted by atomic mass is 32.2. The molecule has 2 aliphatic rings. The molecule has 1 aliphatic heterocycles. The first-order chi connectivity index (χ1) is 10.4. The third-order valence-electron chi connectivity index (χ3n) is 4.89. The van der Waals surface area contributed by atoms with Crippen LogP contribution in [0.15, 0.2) is 29.2 Å². The Kier molecular flexibility index (Phi) is 3.99. The quantitative estimate of drug-likeness (QED) is 0.853. The zero-order valence-corrected chi connectivity index (χ0v) is 13.8. The minimum Gasteiger partial charge on any atom is -0.338 e. The Hall–Kier alpha value is -1.40. The molecule has 5 nitrogen and oxygen atoms in total. The van der Waals surface area contributed by atoms with Crippen molar-refractivity contribution in [3.63, 3.8) is 0 Å². The number of benzene rings is 1. The summed E-state index contributed by atoms with van der Waals surface area (Å²) in [4.78, 5) is 14.7. The Morgan fingerprint density at radius 2 is 1.64 bits per heavy atom. The maximum atomic E-state index is 12.5. The van der Waals surface area contributed by atoms with Gasteiger partial charge in [-0.25, -0.2) is 12.7 Å². The molecular formula is C16H22N2O3S. The number of nitrogens with zero attached hydrogens (tertiary/aromatic N) is 2. The Labute approximate surface area is 132 Å². The van der Waals surface area contributed by atoms with Gasteiger partial charge in [0.15, 0.2) is 0 Å². The number of hydrogen-bond donors (Lipinski definition) is 0. The number of amides is 1. The summed E-state index contributed by atoms with van der Waals surface area (Å²) >= 11 is 0. The molecule has 0 N–H and O–H groups in total. The van der Waals surface area contributed by atoms with Crippen molar-refractivity contribution in [2.75, 3.05) is 27.2 Å². The summed E-state index contributed by atoms with van der Waals surface area (Å²) < 4.78 is 25.2. The average Bonchev–Trinajstić information content (AvgIpc) is 3.07. The van der Waals surface area contributed by atoms with Crippen molar-refractivity contribution in [1.29, 1.82) is 0 Å². The molecule has 1 heterocycles. The van der Waals surface area contributed by atoms with E-state index in [9.17, 15) is 13.2 Å². The van der Waals surface area contributed by atoms with Crippen LogP contribution in [0.2, 0.25) is 0 Å². The van der Waals surface area contributed by atoms with Crippen molar-refractivity contribution >= 4 is 15.9 Å². The van der Waals surface area contributed by atoms with Gasteiger partial charge in [0.05, 0.1) is 4.90 Å². The second-order valence-electron chi connectivity index (χ2n) is 6.47. The molecule has 3 rings (SSSR count). The van der Waals surface area contributed by atoms with Crippen molar-refractivity contribution in [2.24, 2.45) is 11.8 Å². The predicted octanol–water partition coefficient (Wildman–Crippen LogP) is 1.81. The highest BCUT2D eigenvalue weighted by Crippen LogP contribution is 2.38. The van der Waals surface area contributed by atoms with Crippen molar-refractivity contribution < 1.29 is 13.2 Å². The van der Waals surface area contributed by atoms with Gasteiger partial charge in [-0.1, -0.05) is 6.42 Å². The first kappa shape index (κ1) is 15.5. The van der Waals surface area contributed by atoms with Crippen LogP contribution in [0.25, 0.3) is 0 Å². The zero-order valence-electron chi connectivity index (χ0n) is 13.0. The molecule has 1 amide bonds. The van der Waals surface area contributed by atoms with E-state index in [2.05, 4.69) is 0 Å². The molecule has 0 spiro atoms. The first-order valence-electron chi connectivity index (χ1n) is 7.71. The number of carbonyl (C=O) groups is 1. The van der Waals surface area contributed by atoms with E-state index in [-0.39, 0.29) is 10.8 Å². The lowest BCUT2D eigenvalue weighted by Gasteiger charge is -2.18. The van der Waals surface area contributed by atoms with Crippen LogP contribution in [0.5, 0.6) is 0 Å². The summed E-state index contributed by atoms with van der Waals surface area (Å²) in [5, 5.41) is 0. The Morgan fingerprint density at radius 3 is 2.14 bits per heavy atom. The van der Waals surface area contributed by atoms with Crippen LogP contribution in [-0.2, 0) is 10.0 Å². The lowest BCUT2D eigenvalue weighted by molar-refractivity contribution is 0.0780. The van der Waals surface area contributed by atoms with E-state index in [4.69, 9.17) is 0 Å². The summed E-state index contributed by atoms with van der Waals surface area (Å²) in [6.45, 7) is 1.70. The second-order valence-corrected chi connectivity index (χ2v) is 8.62. The third-order valence-corrected chi connectivity index (χ3v) is 6.72. The summed E-state index contributed by atoms with van der Waals surface area (Å²) in [6, 6.07) is 6.26. The molecule has 0 radical (unpaired) electrons. The van der Waals surface area contributed by atoms with Crippen LogP contribution in [0.4, 0.5) is 0 Å². The van der Waals surface area contributed by atoms with Crippen LogP contribution in [0.3, 0.4) is 0 Å². The SMILES string of the molecule is CN(C)S(=O)(=O)c1ccc(C(=O)N2CC3CCCC3C2)cc1. The van der Waals surface area contributed by atoms with Crippen LogP contribution >= 0.6 is 0 Å². The Balaban J connectivity index is 1.75. The van der Waals surface area contributed by atoms with Crippen molar-refractivity contribution in [2.45, 2.75) is 24.2 Å². The van der Waals surface area contributed by atoms with Crippen molar-refractivity contribution in [3.8, 4) is 0 Å². The van der Waals surface area contributed by atoms with Gasteiger partial charge in [-0.2, -0.15) is 0 Å². The van der Waals surface area contributed by atoms with Gasteiger partial charge in [-0.15, -0.1) is 0 Å². The molecule has 0 aromatic heterocycles. The zero-order chi connectivity index (χ0) is 15.9. The average molecular weight is 322 g/mol. The van der Waals surface area contributed by atoms with Crippen LogP contribution in [-0.4, -0.2) is 50.7 Å². The molecule has 2 atom stereocenters. The van der Waals surface area contributed by atoms with E-state index in [0.29, 0.717) is 17.4 Å². The molecule has 1 aromatic rings. The van der Waals surface area contributed by atoms with Gasteiger partial charge >= 0.3 is 0 Å². The summed E-state index contributed by atoms with van der Waals surface area (Å²) in [7, 11) is -0.448. The lowest BCUT2D eigenvalue weighted by atomic mass is 10.0. The number of fused-ring (bicyclic) bond motifs is 1. The van der Waals surface area contributed by atoms with Crippen molar-refractivity contribution in [3.05, 3.63) is 29.8 Å². The van der Waals surface area contributed by atoms with Crippen molar-refractivity contribution in [1.82, 2.24) is 9.21 Å². The molecule has 6 heteroatoms. The van der Waals surface area contributed by atoms with Gasteiger partial charge in [0.1, 0.15) is 0 Å². The molecule has 22 heavy (non-hydrogen) atoms. The molecule has 120 valence electrons. The molecule has 1 aliphatic carbocycles. The van der Waals surface area contributed by atoms with E-state index in [0.717, 1.165) is 13.1 Å². The number of carbonyl (C=O) groups excluding carboxylic acids is 1. The van der Waals surface area contributed by atoms with Gasteiger partial charge < -0.3 is 4.90 Å². The van der Waals surface area contributed by atoms with E-state index >= 15 is 0 Å². The van der Waals surface area contributed by atoms with E-state index in [1.165, 1.54) is 49.8 Å². The Morgan fingerprint density at radius 1 is 1.09 bits per heavy atom. The minimum absolute atomic E-state index is 0.0169. The molecular weight excluding hydrogens is 300 g/mol. The smallest absolute Gasteiger partial charge is 0.253 e. The fourth-order valence-electron chi connectivity index (χ4n) is 3.56. The summed E-state index contributed by atoms with van der Waals surface area (Å²) in [5.74, 6) is 1.35. The fraction of sp³-hybridized carbons (Fsp3) is 0.562. The van der Waals surface area contributed by atoms with E-state index in [1.54, 1.807) is 12.1 Å². The highest BCUT2D eigenvalue weighted by Gasteiger charge is 2.38. The number of rotatable bonds is 3. The largest absolute Gasteiger partial charge is 0.338 e. The lowest BCUT2D eigenvalue weighted by Crippen LogP contribution is -2.29. The summed E-state index contributed by atoms with van der Waals surface area (Å²) in [6.07, 6.45) is 3.75. The summed E-state index contributed by atoms with van der Waals surface area (Å²) in [5.41, 5.74) is 0.567. The van der Waals surface area contributed by atoms with Gasteiger partial charge in [-0.3, -0.25) is 4.79 Å². The van der Waals surface area contributed by atoms with Gasteiger partial charge in [0.2, 0.25) is 10.0 Å². The molecule has 1 saturated carbocycles. The van der Waals surface area contributed by atoms with E-state index in [1.807, 2.05) is 4.90 Å². The number of likely N-dealkylation sites (tertiary alicyclic amines) is 1. The van der Waals surface area contributed by atoms with Gasteiger partial charge in [0.25, 0.3) is 5.91 Å². The molecule has 1 aromatic carbocycles. The number of hydrogen-bond acceptors (Lipinski definition) is 3. The fourth-order valence-corrected chi connectivity index (χ4v) is 4.47. The van der Waals surface area contributed by atoms with Gasteiger partial charge in [-0.05, 0) is 48.9 Å². The topological polar surface area (TPSA) is 57.7 Å². The maximum absolute atomic E-state index is 12.5. The third kappa shape index (κ3) is 2.65. The normalized spacial score (nSPS) is 24.8. The monoisotopic (exact) mass is 322 g/mol. The van der Waals surface area contributed by atoms with Crippen LogP contribution < -0.4 is 0 Å². The standard InChI is InChI=1S/C16H22N2O3S/c1-17(2)22(20,21)15-8-6-12(7-9-15)16(19)18-10-13-4-3-5-14(13)11-18/h6-9,13-14H,3-5,10-11H2,1-2H3. The van der Waals surface area contributed by atoms with E-state index < -0.39 is 10.0 Å². The maximum Gasteiger partial charge on any atom is 0.253 e. The predicted molar refractivity (Wildman–Crippen MR) is 84.0 cm³/mol. The van der Waals surface area contributed by atoms with Crippen LogP contribution in [0, 0.1) is 11.8 Å². The van der Waals surface area contributed by atoms with Gasteiger partial charge in [0, 0.05) is 32.7 Å². The van der Waals surface area contributed by atoms with Crippen LogP contribution in [0.1, 0.15) is 29.6 Å². The highest BCUT2D eigenvalue weighted by molar-refractivity contribution is 7.89. The number of sulfonamides is 1. The molecule has 0 bridgehead atoms. The minimum atomic E-state index is -3.44. The first-order valence-corrected chi connectivity index (χ1v) is 9.15. The molecule has 2 fully saturated rings. The second kappa shape index (κ2) is 5.66. The molecule has 1 saturated heterocycles. The molecule has 2 unspecified atom stereocenters.